The maximum Gasteiger partial charge on any atom is 0.130 e. The zero-order valence-corrected chi connectivity index (χ0v) is 10.6. The molecule has 0 aliphatic heterocycles. The number of hydrogen-bond donors (Lipinski definition) is 2. The Labute approximate surface area is 105 Å². The minimum absolute atomic E-state index is 0.214. The highest BCUT2D eigenvalue weighted by Crippen LogP contribution is 2.41. The summed E-state index contributed by atoms with van der Waals surface area (Å²) >= 11 is 1.45. The molecule has 0 saturated heterocycles. The summed E-state index contributed by atoms with van der Waals surface area (Å²) in [6, 6.07) is 11.4. The molecule has 0 atom stereocenters. The summed E-state index contributed by atoms with van der Waals surface area (Å²) in [5.41, 5.74) is 1.41. The topological polar surface area (TPSA) is 40.5 Å². The van der Waals surface area contributed by atoms with Crippen LogP contribution in [0.2, 0.25) is 0 Å². The Morgan fingerprint density at radius 2 is 1.65 bits per heavy atom. The van der Waals surface area contributed by atoms with Gasteiger partial charge in [0, 0.05) is 10.5 Å². The van der Waals surface area contributed by atoms with Crippen LogP contribution in [0.1, 0.15) is 11.1 Å². The van der Waals surface area contributed by atoms with Crippen molar-refractivity contribution in [2.45, 2.75) is 23.6 Å². The van der Waals surface area contributed by atoms with E-state index in [9.17, 15) is 10.2 Å². The average Bonchev–Trinajstić information content (AvgIpc) is 2.33. The van der Waals surface area contributed by atoms with Crippen LogP contribution in [-0.2, 0) is 0 Å². The molecule has 0 aliphatic carbocycles. The maximum atomic E-state index is 9.93. The molecule has 3 heteroatoms. The van der Waals surface area contributed by atoms with Crippen LogP contribution in [0.25, 0.3) is 0 Å². The minimum atomic E-state index is 0.214. The van der Waals surface area contributed by atoms with Crippen molar-refractivity contribution in [1.29, 1.82) is 0 Å². The van der Waals surface area contributed by atoms with E-state index in [0.29, 0.717) is 10.5 Å². The Kier molecular flexibility index (Phi) is 3.29. The molecule has 2 nitrogen and oxygen atoms in total. The standard InChI is InChI=1S/C14H14O2S/c1-9-8-12(15)14(10(2)13(9)16)17-11-6-4-3-5-7-11/h3-8,15-16H,1-2H3. The first-order chi connectivity index (χ1) is 8.09. The van der Waals surface area contributed by atoms with Crippen LogP contribution in [0.15, 0.2) is 46.2 Å². The second kappa shape index (κ2) is 4.72. The summed E-state index contributed by atoms with van der Waals surface area (Å²) < 4.78 is 0. The maximum absolute atomic E-state index is 9.93. The summed E-state index contributed by atoms with van der Waals surface area (Å²) in [5, 5.41) is 19.8. The van der Waals surface area contributed by atoms with Crippen LogP contribution < -0.4 is 0 Å². The van der Waals surface area contributed by atoms with Crippen molar-refractivity contribution in [3.05, 3.63) is 47.5 Å². The van der Waals surface area contributed by atoms with Crippen molar-refractivity contribution in [2.24, 2.45) is 0 Å². The third-order valence-corrected chi connectivity index (χ3v) is 3.85. The number of rotatable bonds is 2. The van der Waals surface area contributed by atoms with E-state index < -0.39 is 0 Å². The van der Waals surface area contributed by atoms with Gasteiger partial charge < -0.3 is 10.2 Å². The molecule has 0 radical (unpaired) electrons. The van der Waals surface area contributed by atoms with Crippen molar-refractivity contribution in [3.63, 3.8) is 0 Å². The Balaban J connectivity index is 2.43. The summed E-state index contributed by atoms with van der Waals surface area (Å²) in [6.45, 7) is 3.59. The van der Waals surface area contributed by atoms with Crippen molar-refractivity contribution < 1.29 is 10.2 Å². The predicted molar refractivity (Wildman–Crippen MR) is 69.8 cm³/mol. The summed E-state index contributed by atoms with van der Waals surface area (Å²) in [6.07, 6.45) is 0. The number of aryl methyl sites for hydroxylation is 1. The number of aromatic hydroxyl groups is 2. The Hall–Kier alpha value is -1.61. The molecule has 0 bridgehead atoms. The smallest absolute Gasteiger partial charge is 0.130 e. The van der Waals surface area contributed by atoms with Gasteiger partial charge in [-0.2, -0.15) is 0 Å². The van der Waals surface area contributed by atoms with Gasteiger partial charge in [0.25, 0.3) is 0 Å². The lowest BCUT2D eigenvalue weighted by Gasteiger charge is -2.11. The molecule has 0 amide bonds. The van der Waals surface area contributed by atoms with Crippen molar-refractivity contribution in [3.8, 4) is 11.5 Å². The second-order valence-corrected chi connectivity index (χ2v) is 5.01. The van der Waals surface area contributed by atoms with E-state index >= 15 is 0 Å². The van der Waals surface area contributed by atoms with Gasteiger partial charge in [0.1, 0.15) is 11.5 Å². The molecule has 2 rings (SSSR count). The lowest BCUT2D eigenvalue weighted by atomic mass is 10.1. The van der Waals surface area contributed by atoms with E-state index in [-0.39, 0.29) is 11.5 Å². The Morgan fingerprint density at radius 3 is 2.29 bits per heavy atom. The SMILES string of the molecule is Cc1cc(O)c(Sc2ccccc2)c(C)c1O. The normalized spacial score (nSPS) is 10.5. The molecular weight excluding hydrogens is 232 g/mol. The Bertz CT molecular complexity index is 536. The van der Waals surface area contributed by atoms with Gasteiger partial charge in [-0.3, -0.25) is 0 Å². The second-order valence-electron chi connectivity index (χ2n) is 3.93. The zero-order chi connectivity index (χ0) is 12.4. The molecule has 17 heavy (non-hydrogen) atoms. The zero-order valence-electron chi connectivity index (χ0n) is 9.77. The average molecular weight is 246 g/mol. The number of phenols is 2. The molecule has 2 aromatic rings. The van der Waals surface area contributed by atoms with Gasteiger partial charge in [0.2, 0.25) is 0 Å². The van der Waals surface area contributed by atoms with E-state index in [1.165, 1.54) is 11.8 Å². The summed E-state index contributed by atoms with van der Waals surface area (Å²) in [4.78, 5) is 1.74. The van der Waals surface area contributed by atoms with Gasteiger partial charge in [-0.15, -0.1) is 0 Å². The van der Waals surface area contributed by atoms with Crippen LogP contribution in [-0.4, -0.2) is 10.2 Å². The van der Waals surface area contributed by atoms with E-state index in [1.807, 2.05) is 37.3 Å². The van der Waals surface area contributed by atoms with Crippen molar-refractivity contribution >= 4 is 11.8 Å². The molecular formula is C14H14O2S. The molecule has 0 saturated carbocycles. The third-order valence-electron chi connectivity index (χ3n) is 2.62. The van der Waals surface area contributed by atoms with E-state index in [1.54, 1.807) is 13.0 Å². The first-order valence-electron chi connectivity index (χ1n) is 5.34. The number of hydrogen-bond acceptors (Lipinski definition) is 3. The van der Waals surface area contributed by atoms with E-state index in [2.05, 4.69) is 0 Å². The fourth-order valence-corrected chi connectivity index (χ4v) is 2.61. The van der Waals surface area contributed by atoms with Crippen LogP contribution >= 0.6 is 11.8 Å². The van der Waals surface area contributed by atoms with Crippen LogP contribution in [0.5, 0.6) is 11.5 Å². The molecule has 88 valence electrons. The van der Waals surface area contributed by atoms with E-state index in [0.717, 1.165) is 10.5 Å². The van der Waals surface area contributed by atoms with Crippen LogP contribution in [0.3, 0.4) is 0 Å². The van der Waals surface area contributed by atoms with Gasteiger partial charge >= 0.3 is 0 Å². The van der Waals surface area contributed by atoms with Gasteiger partial charge in [0.15, 0.2) is 0 Å². The molecule has 0 fully saturated rings. The van der Waals surface area contributed by atoms with Crippen molar-refractivity contribution in [2.75, 3.05) is 0 Å². The van der Waals surface area contributed by atoms with Gasteiger partial charge in [-0.05, 0) is 37.6 Å². The highest BCUT2D eigenvalue weighted by Gasteiger charge is 2.13. The largest absolute Gasteiger partial charge is 0.507 e. The van der Waals surface area contributed by atoms with E-state index in [4.69, 9.17) is 0 Å². The fraction of sp³-hybridized carbons (Fsp3) is 0.143. The molecule has 2 N–H and O–H groups in total. The molecule has 0 aromatic heterocycles. The highest BCUT2D eigenvalue weighted by atomic mass is 32.2. The molecule has 2 aromatic carbocycles. The molecule has 0 spiro atoms. The number of benzene rings is 2. The Morgan fingerprint density at radius 1 is 1.00 bits per heavy atom. The quantitative estimate of drug-likeness (QED) is 0.790. The first kappa shape index (κ1) is 11.9. The van der Waals surface area contributed by atoms with Gasteiger partial charge in [-0.25, -0.2) is 0 Å². The predicted octanol–water partition coefficient (Wildman–Crippen LogP) is 3.87. The molecule has 0 aliphatic rings. The highest BCUT2D eigenvalue weighted by molar-refractivity contribution is 7.99. The summed E-state index contributed by atoms with van der Waals surface area (Å²) in [7, 11) is 0. The molecule has 0 unspecified atom stereocenters. The van der Waals surface area contributed by atoms with Crippen LogP contribution in [0, 0.1) is 13.8 Å². The van der Waals surface area contributed by atoms with Gasteiger partial charge in [0.05, 0.1) is 4.90 Å². The number of phenolic OH excluding ortho intramolecular Hbond substituents is 2. The van der Waals surface area contributed by atoms with Gasteiger partial charge in [-0.1, -0.05) is 30.0 Å². The first-order valence-corrected chi connectivity index (χ1v) is 6.16. The lowest BCUT2D eigenvalue weighted by molar-refractivity contribution is 0.441. The fourth-order valence-electron chi connectivity index (χ4n) is 1.67. The third kappa shape index (κ3) is 2.39. The summed E-state index contributed by atoms with van der Waals surface area (Å²) in [5.74, 6) is 0.466. The molecule has 0 heterocycles. The van der Waals surface area contributed by atoms with Crippen LogP contribution in [0.4, 0.5) is 0 Å². The van der Waals surface area contributed by atoms with Crippen molar-refractivity contribution in [1.82, 2.24) is 0 Å². The monoisotopic (exact) mass is 246 g/mol. The lowest BCUT2D eigenvalue weighted by Crippen LogP contribution is -1.86. The minimum Gasteiger partial charge on any atom is -0.507 e.